The molecular weight excluding hydrogens is 479 g/mol. The van der Waals surface area contributed by atoms with Gasteiger partial charge >= 0.3 is 0 Å². The molecule has 3 aliphatic rings. The van der Waals surface area contributed by atoms with Gasteiger partial charge in [0.25, 0.3) is 0 Å². The lowest BCUT2D eigenvalue weighted by Crippen LogP contribution is -2.44. The topological polar surface area (TPSA) is 24.1 Å². The summed E-state index contributed by atoms with van der Waals surface area (Å²) in [6, 6.07) is 20.3. The predicted octanol–water partition coefficient (Wildman–Crippen LogP) is 6.58. The Morgan fingerprint density at radius 1 is 0.800 bits per heavy atom. The molecule has 2 nitrogen and oxygen atoms in total. The molecule has 0 bridgehead atoms. The van der Waals surface area contributed by atoms with E-state index < -0.39 is 0 Å². The Morgan fingerprint density at radius 3 is 2.23 bits per heavy atom. The molecule has 1 heterocycles. The van der Waals surface area contributed by atoms with Gasteiger partial charge in [-0.2, -0.15) is 0 Å². The molecule has 0 amide bonds. The quantitative estimate of drug-likeness (QED) is 0.352. The van der Waals surface area contributed by atoms with Gasteiger partial charge in [-0.1, -0.05) is 96.1 Å². The van der Waals surface area contributed by atoms with Crippen LogP contribution in [0.2, 0.25) is 0 Å². The van der Waals surface area contributed by atoms with Crippen molar-refractivity contribution in [1.82, 2.24) is 10.6 Å². The van der Waals surface area contributed by atoms with Crippen molar-refractivity contribution in [2.24, 2.45) is 5.92 Å². The lowest BCUT2D eigenvalue weighted by atomic mass is 9.81. The molecule has 2 aliphatic carbocycles. The fourth-order valence-electron chi connectivity index (χ4n) is 4.94. The molecule has 1 aliphatic heterocycles. The number of halogens is 1. The van der Waals surface area contributed by atoms with Crippen molar-refractivity contribution in [1.29, 1.82) is 0 Å². The summed E-state index contributed by atoms with van der Waals surface area (Å²) in [5, 5.41) is 7.89. The van der Waals surface area contributed by atoms with Gasteiger partial charge in [0.1, 0.15) is 0 Å². The summed E-state index contributed by atoms with van der Waals surface area (Å²) < 4.78 is 0.861. The maximum atomic E-state index is 4.03. The molecule has 3 heteroatoms. The Balaban J connectivity index is 1.65. The number of hydrogen-bond acceptors (Lipinski definition) is 2. The smallest absolute Gasteiger partial charge is 0.0342 e. The molecule has 2 fully saturated rings. The second-order valence-electron chi connectivity index (χ2n) is 8.89. The first-order chi connectivity index (χ1) is 14.8. The van der Waals surface area contributed by atoms with Crippen LogP contribution in [0.5, 0.6) is 0 Å². The first-order valence-electron chi connectivity index (χ1n) is 11.8. The number of allylic oxidation sites excluding steroid dienone is 2. The molecular formula is C27H35IN2. The van der Waals surface area contributed by atoms with Gasteiger partial charge in [-0.25, -0.2) is 0 Å². The zero-order valence-electron chi connectivity index (χ0n) is 17.9. The van der Waals surface area contributed by atoms with E-state index in [1.807, 2.05) is 0 Å². The van der Waals surface area contributed by atoms with Crippen molar-refractivity contribution in [3.63, 3.8) is 0 Å². The third-order valence-electron chi connectivity index (χ3n) is 6.65. The van der Waals surface area contributed by atoms with E-state index in [0.717, 1.165) is 10.5 Å². The Morgan fingerprint density at radius 2 is 1.50 bits per heavy atom. The zero-order valence-corrected chi connectivity index (χ0v) is 20.1. The van der Waals surface area contributed by atoms with Crippen LogP contribution < -0.4 is 10.6 Å². The Kier molecular flexibility index (Phi) is 8.27. The number of rotatable bonds is 3. The highest BCUT2D eigenvalue weighted by molar-refractivity contribution is 14.1. The number of nitrogens with one attached hydrogen (secondary N) is 2. The van der Waals surface area contributed by atoms with Crippen LogP contribution in [0.25, 0.3) is 5.57 Å². The molecule has 0 radical (unpaired) electrons. The summed E-state index contributed by atoms with van der Waals surface area (Å²) in [6.07, 6.45) is 15.5. The molecule has 0 aromatic heterocycles. The molecule has 2 atom stereocenters. The van der Waals surface area contributed by atoms with Gasteiger partial charge in [-0.15, -0.1) is 0 Å². The first-order valence-corrected chi connectivity index (χ1v) is 13.0. The maximum absolute atomic E-state index is 4.03. The van der Waals surface area contributed by atoms with Gasteiger partial charge in [0.15, 0.2) is 0 Å². The minimum Gasteiger partial charge on any atom is -0.385 e. The van der Waals surface area contributed by atoms with Crippen LogP contribution in [0.1, 0.15) is 56.9 Å². The van der Waals surface area contributed by atoms with E-state index in [0.29, 0.717) is 18.0 Å². The highest BCUT2D eigenvalue weighted by Crippen LogP contribution is 2.34. The second-order valence-corrected chi connectivity index (χ2v) is 10.6. The lowest BCUT2D eigenvalue weighted by molar-refractivity contribution is 0.335. The number of fused-ring (bicyclic) bond motifs is 1. The predicted molar refractivity (Wildman–Crippen MR) is 137 cm³/mol. The molecule has 0 spiro atoms. The summed E-state index contributed by atoms with van der Waals surface area (Å²) in [5.41, 5.74) is 4.09. The summed E-state index contributed by atoms with van der Waals surface area (Å²) in [4.78, 5) is 0. The molecule has 2 unspecified atom stereocenters. The van der Waals surface area contributed by atoms with Crippen molar-refractivity contribution < 1.29 is 0 Å². The van der Waals surface area contributed by atoms with Crippen molar-refractivity contribution in [3.05, 3.63) is 78.0 Å². The molecule has 4 rings (SSSR count). The van der Waals surface area contributed by atoms with E-state index in [-0.39, 0.29) is 0 Å². The van der Waals surface area contributed by atoms with E-state index in [1.165, 1.54) is 68.2 Å². The minimum absolute atomic E-state index is 0.429. The zero-order chi connectivity index (χ0) is 20.6. The van der Waals surface area contributed by atoms with Crippen LogP contribution in [-0.2, 0) is 0 Å². The number of hydrogen-bond donors (Lipinski definition) is 2. The van der Waals surface area contributed by atoms with Crippen LogP contribution in [0, 0.1) is 5.92 Å². The van der Waals surface area contributed by atoms with Gasteiger partial charge in [-0.05, 0) is 62.3 Å². The summed E-state index contributed by atoms with van der Waals surface area (Å²) >= 11 is 2.63. The normalized spacial score (nSPS) is 29.2. The minimum atomic E-state index is 0.429. The summed E-state index contributed by atoms with van der Waals surface area (Å²) in [5.74, 6) is 0.578. The van der Waals surface area contributed by atoms with E-state index >= 15 is 0 Å². The number of alkyl halides is 1. The van der Waals surface area contributed by atoms with Crippen molar-refractivity contribution in [2.45, 2.75) is 67.4 Å². The maximum Gasteiger partial charge on any atom is 0.0342 e. The van der Waals surface area contributed by atoms with E-state index in [2.05, 4.69) is 100.0 Å². The van der Waals surface area contributed by atoms with Crippen LogP contribution in [0.15, 0.2) is 72.4 Å². The summed E-state index contributed by atoms with van der Waals surface area (Å²) in [6.45, 7) is 1.13. The van der Waals surface area contributed by atoms with E-state index in [4.69, 9.17) is 0 Å². The highest BCUT2D eigenvalue weighted by Gasteiger charge is 2.30. The largest absolute Gasteiger partial charge is 0.385 e. The van der Waals surface area contributed by atoms with Crippen LogP contribution in [0.3, 0.4) is 0 Å². The third-order valence-corrected chi connectivity index (χ3v) is 7.90. The SMILES string of the molecule is IC1CCC(NC2=CC(c3ccccccccc3)=CC3NCCCCCC23)CC1. The molecule has 1 saturated heterocycles. The van der Waals surface area contributed by atoms with Crippen molar-refractivity contribution in [3.8, 4) is 0 Å². The van der Waals surface area contributed by atoms with Gasteiger partial charge < -0.3 is 10.6 Å². The van der Waals surface area contributed by atoms with Gasteiger partial charge in [0.2, 0.25) is 0 Å². The molecule has 1 aromatic rings. The van der Waals surface area contributed by atoms with Crippen molar-refractivity contribution in [2.75, 3.05) is 6.54 Å². The van der Waals surface area contributed by atoms with Gasteiger partial charge in [0, 0.05) is 27.6 Å². The van der Waals surface area contributed by atoms with Gasteiger partial charge in [-0.3, -0.25) is 0 Å². The molecule has 160 valence electrons. The molecule has 1 aromatic carbocycles. The standard InChI is InChI=1S/C27H35IN2/c28-23-14-16-24(17-15-23)30-27-20-22(19-26-25(27)13-9-6-10-18-29-26)21-11-7-4-2-1-3-5-8-12-21/h1-5,7-8,11-12,19-20,23-26,29-30H,6,9-10,13-18H2. The highest BCUT2D eigenvalue weighted by atomic mass is 127. The monoisotopic (exact) mass is 514 g/mol. The third kappa shape index (κ3) is 6.10. The van der Waals surface area contributed by atoms with Crippen LogP contribution in [-0.4, -0.2) is 22.6 Å². The molecule has 30 heavy (non-hydrogen) atoms. The average molecular weight is 514 g/mol. The van der Waals surface area contributed by atoms with E-state index in [9.17, 15) is 0 Å². The summed E-state index contributed by atoms with van der Waals surface area (Å²) in [7, 11) is 0. The Bertz CT molecular complexity index is 781. The second kappa shape index (κ2) is 11.3. The van der Waals surface area contributed by atoms with Crippen LogP contribution in [0.4, 0.5) is 0 Å². The fraction of sp³-hybridized carbons (Fsp3) is 0.481. The first kappa shape index (κ1) is 21.9. The average Bonchev–Trinajstić information content (AvgIpc) is 2.74. The Hall–Kier alpha value is -1.33. The van der Waals surface area contributed by atoms with Crippen molar-refractivity contribution >= 4 is 28.2 Å². The lowest BCUT2D eigenvalue weighted by Gasteiger charge is -2.37. The Labute approximate surface area is 196 Å². The van der Waals surface area contributed by atoms with Gasteiger partial charge in [0.05, 0.1) is 0 Å². The van der Waals surface area contributed by atoms with Crippen LogP contribution >= 0.6 is 22.6 Å². The van der Waals surface area contributed by atoms with E-state index in [1.54, 1.807) is 0 Å². The fourth-order valence-corrected chi connectivity index (χ4v) is 5.66. The molecule has 1 saturated carbocycles. The molecule has 2 N–H and O–H groups in total.